The molecule has 2 heteroatoms. The van der Waals surface area contributed by atoms with Gasteiger partial charge in [0.15, 0.2) is 0 Å². The second kappa shape index (κ2) is 16.8. The average Bonchev–Trinajstić information content (AvgIpc) is 3.74. The monoisotopic (exact) mass is 840 g/mol. The van der Waals surface area contributed by atoms with E-state index in [-0.39, 0.29) is 0 Å². The highest BCUT2D eigenvalue weighted by molar-refractivity contribution is 6.10. The maximum atomic E-state index is 2.45. The summed E-state index contributed by atoms with van der Waals surface area (Å²) in [6.07, 6.45) is 0. The first kappa shape index (κ1) is 38.9. The van der Waals surface area contributed by atoms with Crippen molar-refractivity contribution >= 4 is 49.6 Å². The van der Waals surface area contributed by atoms with Crippen molar-refractivity contribution in [3.8, 4) is 61.3 Å². The molecule has 0 amide bonds. The Kier molecular flexibility index (Phi) is 9.89. The van der Waals surface area contributed by atoms with Crippen LogP contribution in [0.15, 0.2) is 267 Å². The van der Waals surface area contributed by atoms with Crippen LogP contribution >= 0.6 is 0 Å². The molecule has 11 aromatic carbocycles. The van der Waals surface area contributed by atoms with Crippen LogP contribution < -0.4 is 4.90 Å². The number of nitrogens with zero attached hydrogens (tertiary/aromatic N) is 2. The zero-order valence-electron chi connectivity index (χ0n) is 36.3. The Morgan fingerprint density at radius 2 is 0.652 bits per heavy atom. The summed E-state index contributed by atoms with van der Waals surface area (Å²) in [5.41, 5.74) is 18.6. The quantitative estimate of drug-likeness (QED) is 0.141. The molecule has 0 N–H and O–H groups in total. The van der Waals surface area contributed by atoms with Crippen LogP contribution in [0.5, 0.6) is 0 Å². The molecule has 0 aliphatic heterocycles. The molecular formula is C64H44N2. The van der Waals surface area contributed by atoms with Gasteiger partial charge in [-0.2, -0.15) is 0 Å². The molecule has 0 aliphatic carbocycles. The molecule has 0 aliphatic rings. The van der Waals surface area contributed by atoms with Gasteiger partial charge in [-0.25, -0.2) is 0 Å². The fourth-order valence-electron chi connectivity index (χ4n) is 9.99. The zero-order chi connectivity index (χ0) is 43.8. The van der Waals surface area contributed by atoms with Crippen molar-refractivity contribution in [2.24, 2.45) is 0 Å². The summed E-state index contributed by atoms with van der Waals surface area (Å²) in [4.78, 5) is 2.45. The van der Waals surface area contributed by atoms with E-state index in [2.05, 4.69) is 276 Å². The maximum absolute atomic E-state index is 2.45. The number of hydrogen-bond acceptors (Lipinski definition) is 1. The van der Waals surface area contributed by atoms with Crippen LogP contribution in [-0.2, 0) is 0 Å². The topological polar surface area (TPSA) is 8.17 Å². The Bertz CT molecular complexity index is 3630. The van der Waals surface area contributed by atoms with Crippen LogP contribution in [0.1, 0.15) is 0 Å². The third-order valence-corrected chi connectivity index (χ3v) is 13.0. The summed E-state index contributed by atoms with van der Waals surface area (Å²) in [6.45, 7) is 0. The molecule has 1 heterocycles. The van der Waals surface area contributed by atoms with E-state index in [1.54, 1.807) is 0 Å². The molecule has 2 nitrogen and oxygen atoms in total. The molecule has 0 radical (unpaired) electrons. The number of anilines is 3. The van der Waals surface area contributed by atoms with Crippen LogP contribution in [0, 0.1) is 0 Å². The van der Waals surface area contributed by atoms with Crippen LogP contribution in [0.2, 0.25) is 0 Å². The van der Waals surface area contributed by atoms with Crippen molar-refractivity contribution < 1.29 is 0 Å². The van der Waals surface area contributed by atoms with Crippen molar-refractivity contribution in [3.63, 3.8) is 0 Å². The number of benzene rings is 11. The van der Waals surface area contributed by atoms with E-state index in [0.717, 1.165) is 50.6 Å². The van der Waals surface area contributed by atoms with Gasteiger partial charge in [-0.1, -0.05) is 218 Å². The minimum atomic E-state index is 1.07. The number of rotatable bonds is 9. The van der Waals surface area contributed by atoms with Gasteiger partial charge in [0.25, 0.3) is 0 Å². The van der Waals surface area contributed by atoms with Gasteiger partial charge < -0.3 is 9.47 Å². The van der Waals surface area contributed by atoms with Gasteiger partial charge in [0, 0.05) is 33.2 Å². The molecule has 0 unspecified atom stereocenters. The fourth-order valence-corrected chi connectivity index (χ4v) is 9.99. The lowest BCUT2D eigenvalue weighted by molar-refractivity contribution is 1.18. The standard InChI is InChI=1S/C64H44N2/c1-4-20-45(21-5-1)51-41-42-52(56-29-11-10-28-55(51)56)48-36-39-50(40-37-48)65(60-32-16-12-26-53(60)46-22-6-2-7-23-46)64-43-38-49(44-59(64)47-24-8-3-9-25-47)54-27-13-17-33-61(54)66-62-34-18-14-30-57(62)58-31-15-19-35-63(58)66/h1-44H. The number of para-hydroxylation sites is 4. The van der Waals surface area contributed by atoms with Gasteiger partial charge in [0.05, 0.1) is 28.1 Å². The molecule has 0 saturated carbocycles. The van der Waals surface area contributed by atoms with Gasteiger partial charge in [-0.15, -0.1) is 0 Å². The largest absolute Gasteiger partial charge is 0.309 e. The molecule has 0 spiro atoms. The van der Waals surface area contributed by atoms with E-state index in [1.807, 2.05) is 0 Å². The van der Waals surface area contributed by atoms with Gasteiger partial charge >= 0.3 is 0 Å². The van der Waals surface area contributed by atoms with Gasteiger partial charge in [-0.3, -0.25) is 0 Å². The highest BCUT2D eigenvalue weighted by atomic mass is 15.1. The lowest BCUT2D eigenvalue weighted by Crippen LogP contribution is -2.12. The molecule has 12 aromatic rings. The third kappa shape index (κ3) is 6.84. The lowest BCUT2D eigenvalue weighted by Gasteiger charge is -2.30. The molecule has 0 saturated heterocycles. The van der Waals surface area contributed by atoms with Gasteiger partial charge in [-0.05, 0) is 98.2 Å². The van der Waals surface area contributed by atoms with E-state index in [9.17, 15) is 0 Å². The van der Waals surface area contributed by atoms with Gasteiger partial charge in [0.2, 0.25) is 0 Å². The summed E-state index contributed by atoms with van der Waals surface area (Å²) < 4.78 is 2.43. The Morgan fingerprint density at radius 1 is 0.242 bits per heavy atom. The molecule has 66 heavy (non-hydrogen) atoms. The van der Waals surface area contributed by atoms with Crippen LogP contribution in [0.25, 0.3) is 93.9 Å². The maximum Gasteiger partial charge on any atom is 0.0541 e. The molecule has 0 atom stereocenters. The van der Waals surface area contributed by atoms with E-state index < -0.39 is 0 Å². The lowest BCUT2D eigenvalue weighted by atomic mass is 9.92. The van der Waals surface area contributed by atoms with Gasteiger partial charge in [0.1, 0.15) is 0 Å². The van der Waals surface area contributed by atoms with E-state index in [0.29, 0.717) is 0 Å². The van der Waals surface area contributed by atoms with Crippen LogP contribution in [0.3, 0.4) is 0 Å². The highest BCUT2D eigenvalue weighted by Gasteiger charge is 2.23. The predicted octanol–water partition coefficient (Wildman–Crippen LogP) is 17.7. The summed E-state index contributed by atoms with van der Waals surface area (Å²) in [7, 11) is 0. The Balaban J connectivity index is 1.05. The number of fused-ring (bicyclic) bond motifs is 4. The Labute approximate surface area is 385 Å². The number of aromatic nitrogens is 1. The second-order valence-electron chi connectivity index (χ2n) is 16.8. The Morgan fingerprint density at radius 3 is 1.24 bits per heavy atom. The fraction of sp³-hybridized carbons (Fsp3) is 0. The second-order valence-corrected chi connectivity index (χ2v) is 16.8. The Hall–Kier alpha value is -8.72. The summed E-state index contributed by atoms with van der Waals surface area (Å²) in [6, 6.07) is 96.9. The van der Waals surface area contributed by atoms with E-state index in [4.69, 9.17) is 0 Å². The summed E-state index contributed by atoms with van der Waals surface area (Å²) in [5.74, 6) is 0. The molecule has 310 valence electrons. The zero-order valence-corrected chi connectivity index (χ0v) is 36.3. The summed E-state index contributed by atoms with van der Waals surface area (Å²) in [5, 5.41) is 4.98. The molecule has 12 rings (SSSR count). The molecule has 1 aromatic heterocycles. The van der Waals surface area contributed by atoms with Crippen molar-refractivity contribution in [3.05, 3.63) is 267 Å². The molecule has 0 fully saturated rings. The molecule has 0 bridgehead atoms. The third-order valence-electron chi connectivity index (χ3n) is 13.0. The van der Waals surface area contributed by atoms with Crippen molar-refractivity contribution in [2.75, 3.05) is 4.90 Å². The molecular weight excluding hydrogens is 797 g/mol. The van der Waals surface area contributed by atoms with E-state index >= 15 is 0 Å². The van der Waals surface area contributed by atoms with Crippen LogP contribution in [0.4, 0.5) is 17.1 Å². The predicted molar refractivity (Wildman–Crippen MR) is 280 cm³/mol. The highest BCUT2D eigenvalue weighted by Crippen LogP contribution is 2.47. The first-order valence-corrected chi connectivity index (χ1v) is 22.7. The normalized spacial score (nSPS) is 11.3. The minimum Gasteiger partial charge on any atom is -0.309 e. The summed E-state index contributed by atoms with van der Waals surface area (Å²) >= 11 is 0. The van der Waals surface area contributed by atoms with E-state index in [1.165, 1.54) is 60.4 Å². The first-order valence-electron chi connectivity index (χ1n) is 22.7. The number of hydrogen-bond donors (Lipinski definition) is 0. The average molecular weight is 841 g/mol. The van der Waals surface area contributed by atoms with Crippen molar-refractivity contribution in [2.45, 2.75) is 0 Å². The van der Waals surface area contributed by atoms with Crippen LogP contribution in [-0.4, -0.2) is 4.57 Å². The minimum absolute atomic E-state index is 1.07. The smallest absolute Gasteiger partial charge is 0.0541 e. The first-order chi connectivity index (χ1) is 32.8. The van der Waals surface area contributed by atoms with Crippen molar-refractivity contribution in [1.82, 2.24) is 4.57 Å². The van der Waals surface area contributed by atoms with Crippen molar-refractivity contribution in [1.29, 1.82) is 0 Å². The SMILES string of the molecule is c1ccc(-c2ccccc2N(c2ccc(-c3ccc(-c4ccccc4)c4ccccc34)cc2)c2ccc(-c3ccccc3-n3c4ccccc4c4ccccc43)cc2-c2ccccc2)cc1.